The van der Waals surface area contributed by atoms with Crippen LogP contribution >= 0.6 is 0 Å². The first kappa shape index (κ1) is 28.0. The van der Waals surface area contributed by atoms with Gasteiger partial charge >= 0.3 is 0 Å². The third-order valence-electron chi connectivity index (χ3n) is 10.0. The zero-order valence-electron chi connectivity index (χ0n) is 26.6. The van der Waals surface area contributed by atoms with Crippen molar-refractivity contribution in [2.24, 2.45) is 0 Å². The second kappa shape index (κ2) is 11.2. The normalized spacial score (nSPS) is 11.5. The van der Waals surface area contributed by atoms with E-state index in [1.54, 1.807) is 0 Å². The van der Waals surface area contributed by atoms with Crippen LogP contribution in [0.2, 0.25) is 0 Å². The van der Waals surface area contributed by atoms with E-state index in [-0.39, 0.29) is 0 Å². The number of benzene rings is 9. The van der Waals surface area contributed by atoms with Crippen LogP contribution in [0.25, 0.3) is 99.4 Å². The lowest BCUT2D eigenvalue weighted by Gasteiger charge is -2.22. The Morgan fingerprint density at radius 2 is 0.708 bits per heavy atom. The Morgan fingerprint density at radius 3 is 1.25 bits per heavy atom. The lowest BCUT2D eigenvalue weighted by atomic mass is 9.81. The Bertz CT molecular complexity index is 2670. The number of fused-ring (bicyclic) bond motifs is 8. The molecule has 224 valence electrons. The van der Waals surface area contributed by atoms with Gasteiger partial charge < -0.3 is 0 Å². The molecule has 0 heterocycles. The molecule has 0 aliphatic rings. The quantitative estimate of drug-likeness (QED) is 0.135. The molecule has 0 N–H and O–H groups in total. The highest BCUT2D eigenvalue weighted by molar-refractivity contribution is 6.30. The molecule has 0 radical (unpaired) electrons. The van der Waals surface area contributed by atoms with Crippen LogP contribution < -0.4 is 0 Å². The van der Waals surface area contributed by atoms with Crippen molar-refractivity contribution in [3.63, 3.8) is 0 Å². The molecular weight excluding hydrogens is 577 g/mol. The van der Waals surface area contributed by atoms with Crippen molar-refractivity contribution in [2.45, 2.75) is 0 Å². The van der Waals surface area contributed by atoms with Crippen LogP contribution in [0, 0.1) is 0 Å². The summed E-state index contributed by atoms with van der Waals surface area (Å²) >= 11 is 0. The molecule has 0 spiro atoms. The fourth-order valence-electron chi connectivity index (χ4n) is 7.94. The van der Waals surface area contributed by atoms with Crippen LogP contribution in [0.3, 0.4) is 0 Å². The lowest BCUT2D eigenvalue weighted by molar-refractivity contribution is 1.61. The molecule has 0 atom stereocenters. The molecule has 0 aliphatic carbocycles. The van der Waals surface area contributed by atoms with Crippen molar-refractivity contribution in [1.29, 1.82) is 0 Å². The van der Waals surface area contributed by atoms with Crippen LogP contribution in [-0.4, -0.2) is 0 Å². The first-order valence-electron chi connectivity index (χ1n) is 16.5. The topological polar surface area (TPSA) is 0 Å². The monoisotopic (exact) mass is 608 g/mol. The van der Waals surface area contributed by atoms with Gasteiger partial charge in [0.1, 0.15) is 0 Å². The van der Waals surface area contributed by atoms with Gasteiger partial charge in [-0.15, -0.1) is 0 Å². The summed E-state index contributed by atoms with van der Waals surface area (Å²) in [5, 5.41) is 12.4. The summed E-state index contributed by atoms with van der Waals surface area (Å²) < 4.78 is 0. The summed E-state index contributed by atoms with van der Waals surface area (Å²) in [6, 6.07) is 57.3. The molecule has 0 saturated heterocycles. The average molecular weight is 609 g/mol. The lowest BCUT2D eigenvalue weighted by Crippen LogP contribution is -1.96. The molecule has 9 aromatic carbocycles. The van der Waals surface area contributed by atoms with E-state index in [0.29, 0.717) is 0 Å². The second-order valence-electron chi connectivity index (χ2n) is 12.5. The fourth-order valence-corrected chi connectivity index (χ4v) is 7.94. The number of rotatable bonds is 5. The highest BCUT2D eigenvalue weighted by Crippen LogP contribution is 2.48. The molecule has 0 bridgehead atoms. The van der Waals surface area contributed by atoms with Crippen molar-refractivity contribution < 1.29 is 0 Å². The van der Waals surface area contributed by atoms with Gasteiger partial charge in [-0.2, -0.15) is 0 Å². The summed E-state index contributed by atoms with van der Waals surface area (Å²) in [6.45, 7) is 8.76. The van der Waals surface area contributed by atoms with Gasteiger partial charge in [-0.25, -0.2) is 0 Å². The van der Waals surface area contributed by atoms with Gasteiger partial charge in [0, 0.05) is 0 Å². The van der Waals surface area contributed by atoms with Gasteiger partial charge in [-0.1, -0.05) is 177 Å². The summed E-state index contributed by atoms with van der Waals surface area (Å²) in [6.07, 6.45) is 4.05. The molecule has 0 fully saturated rings. The van der Waals surface area contributed by atoms with Crippen LogP contribution in [0.4, 0.5) is 0 Å². The Hall–Kier alpha value is -6.24. The van der Waals surface area contributed by atoms with E-state index in [9.17, 15) is 0 Å². The largest absolute Gasteiger partial charge is 0.0984 e. The molecule has 0 unspecified atom stereocenters. The molecule has 9 aromatic rings. The fraction of sp³-hybridized carbons (Fsp3) is 0. The molecule has 0 aromatic heterocycles. The Kier molecular flexibility index (Phi) is 6.55. The SMILES string of the molecule is C=Cc1c(-c2c3ccccc3c(-c3ccc(-c4ccccc4)cc3)c3ccccc23)cc2c3ccccc3c3ccccc3c2c1C=C. The van der Waals surface area contributed by atoms with E-state index < -0.39 is 0 Å². The van der Waals surface area contributed by atoms with Gasteiger partial charge in [0.25, 0.3) is 0 Å². The van der Waals surface area contributed by atoms with E-state index in [4.69, 9.17) is 0 Å². The predicted octanol–water partition coefficient (Wildman–Crippen LogP) is 13.7. The molecule has 0 aliphatic heterocycles. The Balaban J connectivity index is 1.41. The maximum Gasteiger partial charge on any atom is -0.00199 e. The van der Waals surface area contributed by atoms with Gasteiger partial charge in [0.15, 0.2) is 0 Å². The molecule has 0 saturated carbocycles. The standard InChI is InChI=1S/C48H32/c1-3-34-35(4-2)47-39-21-11-10-19-37(39)36-18-8-9-20-38(36)45(47)30-44(34)48-42-24-14-12-22-40(42)46(41-23-13-15-25-43(41)48)33-28-26-32(27-29-33)31-16-6-5-7-17-31/h3-30H,1-2H2. The Morgan fingerprint density at radius 1 is 0.312 bits per heavy atom. The molecule has 0 amide bonds. The zero-order valence-corrected chi connectivity index (χ0v) is 26.6. The van der Waals surface area contributed by atoms with E-state index in [1.165, 1.54) is 87.2 Å². The van der Waals surface area contributed by atoms with Crippen molar-refractivity contribution in [3.05, 3.63) is 182 Å². The summed E-state index contributed by atoms with van der Waals surface area (Å²) in [5.41, 5.74) is 9.52. The van der Waals surface area contributed by atoms with E-state index in [2.05, 4.69) is 171 Å². The summed E-state index contributed by atoms with van der Waals surface area (Å²) in [4.78, 5) is 0. The van der Waals surface area contributed by atoms with E-state index in [0.717, 1.165) is 11.1 Å². The highest BCUT2D eigenvalue weighted by atomic mass is 14.2. The van der Waals surface area contributed by atoms with Crippen molar-refractivity contribution in [1.82, 2.24) is 0 Å². The van der Waals surface area contributed by atoms with Gasteiger partial charge in [0.05, 0.1) is 0 Å². The first-order valence-corrected chi connectivity index (χ1v) is 16.5. The number of hydrogen-bond acceptors (Lipinski definition) is 0. The number of hydrogen-bond donors (Lipinski definition) is 0. The smallest absolute Gasteiger partial charge is 0.00199 e. The first-order chi connectivity index (χ1) is 23.8. The van der Waals surface area contributed by atoms with Crippen LogP contribution in [0.1, 0.15) is 11.1 Å². The minimum absolute atomic E-state index is 1.10. The molecule has 9 rings (SSSR count). The summed E-state index contributed by atoms with van der Waals surface area (Å²) in [7, 11) is 0. The van der Waals surface area contributed by atoms with E-state index in [1.807, 2.05) is 12.2 Å². The van der Waals surface area contributed by atoms with Crippen LogP contribution in [0.15, 0.2) is 171 Å². The van der Waals surface area contributed by atoms with Crippen molar-refractivity contribution in [2.75, 3.05) is 0 Å². The third kappa shape index (κ3) is 4.16. The zero-order chi connectivity index (χ0) is 32.2. The van der Waals surface area contributed by atoms with Crippen molar-refractivity contribution in [3.8, 4) is 33.4 Å². The minimum Gasteiger partial charge on any atom is -0.0984 e. The predicted molar refractivity (Wildman–Crippen MR) is 210 cm³/mol. The average Bonchev–Trinajstić information content (AvgIpc) is 3.16. The maximum absolute atomic E-state index is 4.39. The van der Waals surface area contributed by atoms with Crippen LogP contribution in [0.5, 0.6) is 0 Å². The highest BCUT2D eigenvalue weighted by Gasteiger charge is 2.21. The molecule has 0 heteroatoms. The Labute approximate surface area is 280 Å². The molecule has 0 nitrogen and oxygen atoms in total. The second-order valence-corrected chi connectivity index (χ2v) is 12.5. The molecule has 48 heavy (non-hydrogen) atoms. The van der Waals surface area contributed by atoms with Gasteiger partial charge in [-0.3, -0.25) is 0 Å². The van der Waals surface area contributed by atoms with Crippen LogP contribution in [-0.2, 0) is 0 Å². The summed E-state index contributed by atoms with van der Waals surface area (Å²) in [5.74, 6) is 0. The van der Waals surface area contributed by atoms with Crippen molar-refractivity contribution >= 4 is 66.0 Å². The molecular formula is C48H32. The maximum atomic E-state index is 4.39. The third-order valence-corrected chi connectivity index (χ3v) is 10.0. The minimum atomic E-state index is 1.10. The van der Waals surface area contributed by atoms with E-state index >= 15 is 0 Å². The van der Waals surface area contributed by atoms with Gasteiger partial charge in [-0.05, 0) is 104 Å². The van der Waals surface area contributed by atoms with Gasteiger partial charge in [0.2, 0.25) is 0 Å².